The summed E-state index contributed by atoms with van der Waals surface area (Å²) in [5, 5.41) is 0. The molecule has 1 aliphatic rings. The van der Waals surface area contributed by atoms with E-state index < -0.39 is 0 Å². The van der Waals surface area contributed by atoms with Crippen LogP contribution in [0.5, 0.6) is 11.5 Å². The lowest BCUT2D eigenvalue weighted by Crippen LogP contribution is -2.32. The number of methoxy groups -OCH3 is 2. The molecule has 7 heteroatoms. The van der Waals surface area contributed by atoms with Gasteiger partial charge in [-0.3, -0.25) is 0 Å². The van der Waals surface area contributed by atoms with Gasteiger partial charge in [-0.1, -0.05) is 42.5 Å². The van der Waals surface area contributed by atoms with Crippen LogP contribution in [-0.2, 0) is 30.9 Å². The molecule has 3 aromatic carbocycles. The first-order chi connectivity index (χ1) is 18.7. The zero-order valence-electron chi connectivity index (χ0n) is 22.1. The predicted octanol–water partition coefficient (Wildman–Crippen LogP) is 5.87. The molecule has 0 amide bonds. The number of ether oxygens (including phenoxy) is 3. The van der Waals surface area contributed by atoms with Crippen LogP contribution in [-0.4, -0.2) is 38.9 Å². The Labute approximate surface area is 224 Å². The summed E-state index contributed by atoms with van der Waals surface area (Å²) in [6, 6.07) is 25.3. The van der Waals surface area contributed by atoms with Crippen LogP contribution in [0.15, 0.2) is 83.5 Å². The van der Waals surface area contributed by atoms with Gasteiger partial charge < -0.3 is 28.4 Å². The summed E-state index contributed by atoms with van der Waals surface area (Å²) in [6.45, 7) is 4.20. The molecule has 5 rings (SSSR count). The zero-order valence-corrected chi connectivity index (χ0v) is 22.1. The third-order valence-electron chi connectivity index (χ3n) is 6.79. The van der Waals surface area contributed by atoms with Crippen molar-refractivity contribution in [1.82, 2.24) is 4.98 Å². The van der Waals surface area contributed by atoms with E-state index in [0.717, 1.165) is 47.8 Å². The highest BCUT2D eigenvalue weighted by Gasteiger charge is 2.17. The van der Waals surface area contributed by atoms with E-state index in [1.54, 1.807) is 20.5 Å². The van der Waals surface area contributed by atoms with E-state index in [-0.39, 0.29) is 0 Å². The van der Waals surface area contributed by atoms with Gasteiger partial charge in [-0.2, -0.15) is 4.98 Å². The summed E-state index contributed by atoms with van der Waals surface area (Å²) >= 11 is 0. The number of anilines is 2. The second-order valence-corrected chi connectivity index (χ2v) is 9.45. The smallest absolute Gasteiger partial charge is 0.298 e. The van der Waals surface area contributed by atoms with Crippen LogP contribution in [0.25, 0.3) is 0 Å². The summed E-state index contributed by atoms with van der Waals surface area (Å²) in [5.41, 5.74) is 5.74. The number of fused-ring (bicyclic) bond motifs is 1. The lowest BCUT2D eigenvalue weighted by atomic mass is 10.0. The number of oxazole rings is 1. The number of hydrogen-bond acceptors (Lipinski definition) is 7. The highest BCUT2D eigenvalue weighted by Crippen LogP contribution is 2.27. The van der Waals surface area contributed by atoms with Crippen molar-refractivity contribution < 1.29 is 18.6 Å². The van der Waals surface area contributed by atoms with Crippen LogP contribution in [0.1, 0.15) is 28.8 Å². The van der Waals surface area contributed by atoms with Gasteiger partial charge in [0.1, 0.15) is 23.5 Å². The molecular formula is C31H35N3O4. The highest BCUT2D eigenvalue weighted by atomic mass is 16.5. The van der Waals surface area contributed by atoms with Crippen LogP contribution < -0.4 is 19.3 Å². The Kier molecular flexibility index (Phi) is 8.46. The molecule has 0 fully saturated rings. The summed E-state index contributed by atoms with van der Waals surface area (Å²) in [7, 11) is 3.36. The van der Waals surface area contributed by atoms with Crippen molar-refractivity contribution in [2.45, 2.75) is 32.5 Å². The van der Waals surface area contributed by atoms with Gasteiger partial charge in [0.2, 0.25) is 0 Å². The van der Waals surface area contributed by atoms with E-state index in [0.29, 0.717) is 32.3 Å². The molecule has 198 valence electrons. The van der Waals surface area contributed by atoms with Crippen LogP contribution in [0.3, 0.4) is 0 Å². The highest BCUT2D eigenvalue weighted by molar-refractivity contribution is 5.55. The van der Waals surface area contributed by atoms with Gasteiger partial charge in [-0.05, 0) is 59.9 Å². The average Bonchev–Trinajstić information content (AvgIpc) is 3.44. The Morgan fingerprint density at radius 3 is 2.32 bits per heavy atom. The molecule has 1 aliphatic heterocycles. The number of aromatic nitrogens is 1. The summed E-state index contributed by atoms with van der Waals surface area (Å²) in [4.78, 5) is 9.29. The Morgan fingerprint density at radius 1 is 0.895 bits per heavy atom. The Hall–Kier alpha value is -3.97. The SMILES string of the molecule is COc1cccc(CN(Cc2cccc(OC)c2)c2nc(COCCN3CCCc4ccccc43)co2)c1. The lowest BCUT2D eigenvalue weighted by Gasteiger charge is -2.31. The van der Waals surface area contributed by atoms with Crippen molar-refractivity contribution in [3.8, 4) is 11.5 Å². The Bertz CT molecular complexity index is 1270. The molecule has 0 saturated carbocycles. The first-order valence-electron chi connectivity index (χ1n) is 13.1. The van der Waals surface area contributed by atoms with Crippen LogP contribution >= 0.6 is 0 Å². The Morgan fingerprint density at radius 2 is 1.61 bits per heavy atom. The van der Waals surface area contributed by atoms with Gasteiger partial charge in [0, 0.05) is 31.9 Å². The number of nitrogens with zero attached hydrogens (tertiary/aromatic N) is 3. The first kappa shape index (κ1) is 25.7. The molecule has 0 unspecified atom stereocenters. The van der Waals surface area contributed by atoms with E-state index in [1.807, 2.05) is 36.4 Å². The number of rotatable bonds is 12. The minimum Gasteiger partial charge on any atom is -0.497 e. The molecule has 0 radical (unpaired) electrons. The monoisotopic (exact) mass is 513 g/mol. The maximum absolute atomic E-state index is 6.01. The average molecular weight is 514 g/mol. The van der Waals surface area contributed by atoms with Crippen LogP contribution in [0.2, 0.25) is 0 Å². The third-order valence-corrected chi connectivity index (χ3v) is 6.79. The van der Waals surface area contributed by atoms with Crippen molar-refractivity contribution in [2.24, 2.45) is 0 Å². The van der Waals surface area contributed by atoms with E-state index in [1.165, 1.54) is 17.7 Å². The summed E-state index contributed by atoms with van der Waals surface area (Å²) in [5.74, 6) is 1.64. The van der Waals surface area contributed by atoms with E-state index in [2.05, 4.69) is 46.2 Å². The number of aryl methyl sites for hydroxylation is 1. The minimum atomic E-state index is 0.408. The summed E-state index contributed by atoms with van der Waals surface area (Å²) < 4.78 is 22.8. The molecule has 0 spiro atoms. The second-order valence-electron chi connectivity index (χ2n) is 9.45. The third kappa shape index (κ3) is 6.47. The lowest BCUT2D eigenvalue weighted by molar-refractivity contribution is 0.124. The van der Waals surface area contributed by atoms with Gasteiger partial charge in [-0.25, -0.2) is 0 Å². The fourth-order valence-corrected chi connectivity index (χ4v) is 4.88. The van der Waals surface area contributed by atoms with E-state index in [4.69, 9.17) is 23.6 Å². The van der Waals surface area contributed by atoms with Gasteiger partial charge in [0.05, 0.1) is 27.4 Å². The number of para-hydroxylation sites is 1. The largest absolute Gasteiger partial charge is 0.497 e. The first-order valence-corrected chi connectivity index (χ1v) is 13.1. The molecule has 0 N–H and O–H groups in total. The molecule has 1 aromatic heterocycles. The molecule has 4 aromatic rings. The summed E-state index contributed by atoms with van der Waals surface area (Å²) in [6.07, 6.45) is 4.02. The van der Waals surface area contributed by atoms with Crippen molar-refractivity contribution in [1.29, 1.82) is 0 Å². The van der Waals surface area contributed by atoms with Crippen LogP contribution in [0.4, 0.5) is 11.7 Å². The normalized spacial score (nSPS) is 12.7. The quantitative estimate of drug-likeness (QED) is 0.220. The molecule has 38 heavy (non-hydrogen) atoms. The number of benzene rings is 3. The van der Waals surface area contributed by atoms with Gasteiger partial charge in [-0.15, -0.1) is 0 Å². The minimum absolute atomic E-state index is 0.408. The topological polar surface area (TPSA) is 60.2 Å². The molecule has 0 bridgehead atoms. The van der Waals surface area contributed by atoms with Gasteiger partial charge in [0.15, 0.2) is 0 Å². The van der Waals surface area contributed by atoms with Crippen LogP contribution in [0, 0.1) is 0 Å². The second kappa shape index (κ2) is 12.5. The van der Waals surface area contributed by atoms with Crippen molar-refractivity contribution in [2.75, 3.05) is 43.7 Å². The maximum Gasteiger partial charge on any atom is 0.298 e. The van der Waals surface area contributed by atoms with Crippen molar-refractivity contribution in [3.05, 3.63) is 101 Å². The van der Waals surface area contributed by atoms with Crippen molar-refractivity contribution in [3.63, 3.8) is 0 Å². The molecular weight excluding hydrogens is 478 g/mol. The molecule has 7 nitrogen and oxygen atoms in total. The molecule has 0 atom stereocenters. The van der Waals surface area contributed by atoms with Gasteiger partial charge in [0.25, 0.3) is 6.01 Å². The number of hydrogen-bond donors (Lipinski definition) is 0. The zero-order chi connectivity index (χ0) is 26.2. The van der Waals surface area contributed by atoms with E-state index >= 15 is 0 Å². The molecule has 2 heterocycles. The predicted molar refractivity (Wildman–Crippen MR) is 149 cm³/mol. The maximum atomic E-state index is 6.01. The fraction of sp³-hybridized carbons (Fsp3) is 0.323. The van der Waals surface area contributed by atoms with Gasteiger partial charge >= 0.3 is 0 Å². The standard InChI is InChI=1S/C31H35N3O4/c1-35-28-12-5-8-24(18-28)20-34(21-25-9-6-13-29(19-25)36-2)31-32-27(23-38-31)22-37-17-16-33-15-7-11-26-10-3-4-14-30(26)33/h3-6,8-10,12-14,18-19,23H,7,11,15-17,20-22H2,1-2H3. The van der Waals surface area contributed by atoms with E-state index in [9.17, 15) is 0 Å². The molecule has 0 aliphatic carbocycles. The molecule has 0 saturated heterocycles. The Balaban J connectivity index is 1.23. The fourth-order valence-electron chi connectivity index (χ4n) is 4.88. The van der Waals surface area contributed by atoms with Crippen molar-refractivity contribution >= 4 is 11.7 Å².